The first-order valence-electron chi connectivity index (χ1n) is 9.42. The normalized spacial score (nSPS) is 16.0. The Bertz CT molecular complexity index is 822. The van der Waals surface area contributed by atoms with E-state index in [1.54, 1.807) is 7.05 Å². The minimum Gasteiger partial charge on any atom is -0.358 e. The van der Waals surface area contributed by atoms with Crippen LogP contribution in [0.4, 0.5) is 0 Å². The summed E-state index contributed by atoms with van der Waals surface area (Å²) < 4.78 is 27.8. The molecule has 0 radical (unpaired) electrons. The number of benzene rings is 1. The van der Waals surface area contributed by atoms with Crippen molar-refractivity contribution in [1.29, 1.82) is 0 Å². The summed E-state index contributed by atoms with van der Waals surface area (Å²) in [5.41, 5.74) is 2.57. The number of hydrogen-bond acceptors (Lipinski definition) is 4. The molecule has 1 aromatic carbocycles. The molecule has 2 amide bonds. The van der Waals surface area contributed by atoms with Crippen LogP contribution in [-0.2, 0) is 19.6 Å². The van der Waals surface area contributed by atoms with Crippen molar-refractivity contribution in [2.24, 2.45) is 0 Å². The summed E-state index contributed by atoms with van der Waals surface area (Å²) in [7, 11) is -0.427. The van der Waals surface area contributed by atoms with Gasteiger partial charge in [0.15, 0.2) is 6.54 Å². The third-order valence-corrected chi connectivity index (χ3v) is 7.32. The van der Waals surface area contributed by atoms with Gasteiger partial charge in [-0.3, -0.25) is 9.59 Å². The molecule has 156 valence electrons. The lowest BCUT2D eigenvalue weighted by Gasteiger charge is -2.32. The van der Waals surface area contributed by atoms with E-state index >= 15 is 0 Å². The number of carbonyl (C=O) groups is 2. The van der Waals surface area contributed by atoms with E-state index in [1.165, 1.54) is 16.3 Å². The van der Waals surface area contributed by atoms with Gasteiger partial charge in [-0.05, 0) is 31.9 Å². The van der Waals surface area contributed by atoms with Gasteiger partial charge in [0.2, 0.25) is 15.9 Å². The van der Waals surface area contributed by atoms with Crippen molar-refractivity contribution in [2.75, 3.05) is 53.4 Å². The van der Waals surface area contributed by atoms with Gasteiger partial charge in [-0.25, -0.2) is 8.42 Å². The number of likely N-dealkylation sites (N-methyl/N-ethyl adjacent to an activating group) is 2. The number of quaternary nitrogens is 1. The van der Waals surface area contributed by atoms with Crippen molar-refractivity contribution < 1.29 is 22.9 Å². The number of sulfonamides is 1. The highest BCUT2D eigenvalue weighted by Crippen LogP contribution is 2.25. The predicted octanol–water partition coefficient (Wildman–Crippen LogP) is -1.29. The summed E-state index contributed by atoms with van der Waals surface area (Å²) in [5.74, 6) is -0.342. The van der Waals surface area contributed by atoms with Crippen LogP contribution in [0.3, 0.4) is 0 Å². The lowest BCUT2D eigenvalue weighted by Crippen LogP contribution is -3.15. The Morgan fingerprint density at radius 1 is 1.14 bits per heavy atom. The molecule has 8 nitrogen and oxygen atoms in total. The highest BCUT2D eigenvalue weighted by molar-refractivity contribution is 7.89. The number of rotatable bonds is 6. The fourth-order valence-electron chi connectivity index (χ4n) is 3.65. The largest absolute Gasteiger partial charge is 0.358 e. The number of nitrogens with one attached hydrogen (secondary N) is 2. The monoisotopic (exact) mass is 411 g/mol. The molecule has 2 N–H and O–H groups in total. The molecule has 28 heavy (non-hydrogen) atoms. The average molecular weight is 412 g/mol. The van der Waals surface area contributed by atoms with Gasteiger partial charge in [-0.2, -0.15) is 4.31 Å². The van der Waals surface area contributed by atoms with Gasteiger partial charge in [0.05, 0.1) is 37.6 Å². The molecular weight excluding hydrogens is 380 g/mol. The summed E-state index contributed by atoms with van der Waals surface area (Å²) >= 11 is 0. The Kier molecular flexibility index (Phi) is 7.19. The zero-order valence-corrected chi connectivity index (χ0v) is 18.1. The first-order chi connectivity index (χ1) is 13.1. The topological polar surface area (TPSA) is 91.2 Å². The van der Waals surface area contributed by atoms with Crippen LogP contribution in [0.5, 0.6) is 0 Å². The zero-order chi connectivity index (χ0) is 21.1. The molecule has 1 heterocycles. The maximum absolute atomic E-state index is 13.1. The highest BCUT2D eigenvalue weighted by Gasteiger charge is 2.33. The van der Waals surface area contributed by atoms with E-state index in [1.807, 2.05) is 32.9 Å². The van der Waals surface area contributed by atoms with E-state index in [-0.39, 0.29) is 24.9 Å². The van der Waals surface area contributed by atoms with E-state index < -0.39 is 10.0 Å². The molecule has 0 saturated carbocycles. The van der Waals surface area contributed by atoms with Crippen LogP contribution in [0.1, 0.15) is 16.7 Å². The lowest BCUT2D eigenvalue weighted by molar-refractivity contribution is -0.895. The van der Waals surface area contributed by atoms with Crippen molar-refractivity contribution in [3.05, 3.63) is 28.8 Å². The maximum Gasteiger partial charge on any atom is 0.277 e. The first-order valence-corrected chi connectivity index (χ1v) is 10.9. The van der Waals surface area contributed by atoms with Crippen LogP contribution in [-0.4, -0.2) is 82.8 Å². The maximum atomic E-state index is 13.1. The van der Waals surface area contributed by atoms with E-state index in [4.69, 9.17) is 0 Å². The quantitative estimate of drug-likeness (QED) is 0.609. The van der Waals surface area contributed by atoms with Crippen LogP contribution >= 0.6 is 0 Å². The average Bonchev–Trinajstić information content (AvgIpc) is 2.60. The molecule has 1 saturated heterocycles. The molecule has 0 aromatic heterocycles. The molecule has 0 unspecified atom stereocenters. The van der Waals surface area contributed by atoms with E-state index in [2.05, 4.69) is 5.32 Å². The van der Waals surface area contributed by atoms with Crippen LogP contribution in [0.25, 0.3) is 0 Å². The number of nitrogens with zero attached hydrogens (tertiary/aromatic N) is 2. The van der Waals surface area contributed by atoms with Gasteiger partial charge in [-0.1, -0.05) is 17.7 Å². The Morgan fingerprint density at radius 3 is 2.18 bits per heavy atom. The molecule has 1 aliphatic rings. The number of carbonyl (C=O) groups excluding carboxylic acids is 2. The van der Waals surface area contributed by atoms with Gasteiger partial charge >= 0.3 is 0 Å². The summed E-state index contributed by atoms with van der Waals surface area (Å²) in [6, 6.07) is 3.78. The molecule has 0 spiro atoms. The van der Waals surface area contributed by atoms with E-state index in [0.29, 0.717) is 31.1 Å². The van der Waals surface area contributed by atoms with Crippen LogP contribution < -0.4 is 10.2 Å². The van der Waals surface area contributed by atoms with Crippen LogP contribution in [0, 0.1) is 20.8 Å². The first kappa shape index (κ1) is 22.3. The molecule has 9 heteroatoms. The zero-order valence-electron chi connectivity index (χ0n) is 17.3. The summed E-state index contributed by atoms with van der Waals surface area (Å²) in [4.78, 5) is 26.5. The number of piperazine rings is 1. The molecule has 0 atom stereocenters. The third-order valence-electron chi connectivity index (χ3n) is 5.12. The Labute approximate surface area is 167 Å². The molecule has 1 aromatic rings. The summed E-state index contributed by atoms with van der Waals surface area (Å²) in [6.07, 6.45) is 0. The number of aryl methyl sites for hydroxylation is 3. The lowest BCUT2D eigenvalue weighted by atomic mass is 10.1. The minimum absolute atomic E-state index is 0.0229. The second kappa shape index (κ2) is 9.02. The van der Waals surface area contributed by atoms with Crippen molar-refractivity contribution >= 4 is 21.8 Å². The van der Waals surface area contributed by atoms with Crippen molar-refractivity contribution in [1.82, 2.24) is 14.5 Å². The molecule has 0 bridgehead atoms. The molecule has 2 rings (SSSR count). The Morgan fingerprint density at radius 2 is 1.68 bits per heavy atom. The smallest absolute Gasteiger partial charge is 0.277 e. The molecular formula is C19H31N4O4S+. The second-order valence-electron chi connectivity index (χ2n) is 7.48. The van der Waals surface area contributed by atoms with Gasteiger partial charge in [-0.15, -0.1) is 0 Å². The van der Waals surface area contributed by atoms with Gasteiger partial charge in [0, 0.05) is 14.1 Å². The van der Waals surface area contributed by atoms with Crippen molar-refractivity contribution in [2.45, 2.75) is 25.7 Å². The van der Waals surface area contributed by atoms with Crippen LogP contribution in [0.2, 0.25) is 0 Å². The second-order valence-corrected chi connectivity index (χ2v) is 9.36. The molecule has 1 aliphatic heterocycles. The van der Waals surface area contributed by atoms with Gasteiger partial charge in [0.25, 0.3) is 5.91 Å². The Hall–Kier alpha value is -1.97. The summed E-state index contributed by atoms with van der Waals surface area (Å²) in [6.45, 7) is 7.75. The standard InChI is InChI=1S/C19H30N4O4S/c1-14-10-15(2)19(16(3)11-14)28(26,27)23-8-6-22(7-9-23)13-18(25)21(5)12-17(24)20-4/h10-11H,6-9,12-13H2,1-5H3,(H,20,24)/p+1. The van der Waals surface area contributed by atoms with Crippen molar-refractivity contribution in [3.8, 4) is 0 Å². The number of amides is 2. The fourth-order valence-corrected chi connectivity index (χ4v) is 5.51. The highest BCUT2D eigenvalue weighted by atomic mass is 32.2. The fraction of sp³-hybridized carbons (Fsp3) is 0.579. The predicted molar refractivity (Wildman–Crippen MR) is 107 cm³/mol. The Balaban J connectivity index is 2.00. The minimum atomic E-state index is -3.56. The van der Waals surface area contributed by atoms with Crippen LogP contribution in [0.15, 0.2) is 17.0 Å². The van der Waals surface area contributed by atoms with Gasteiger partial charge in [0.1, 0.15) is 0 Å². The van der Waals surface area contributed by atoms with E-state index in [0.717, 1.165) is 21.6 Å². The summed E-state index contributed by atoms with van der Waals surface area (Å²) in [5, 5.41) is 2.49. The molecule has 0 aliphatic carbocycles. The third kappa shape index (κ3) is 5.09. The van der Waals surface area contributed by atoms with Crippen molar-refractivity contribution in [3.63, 3.8) is 0 Å². The SMILES string of the molecule is CNC(=O)CN(C)C(=O)C[NH+]1CCN(S(=O)(=O)c2c(C)cc(C)cc2C)CC1. The number of hydrogen-bond donors (Lipinski definition) is 2. The van der Waals surface area contributed by atoms with Gasteiger partial charge < -0.3 is 15.1 Å². The molecule has 1 fully saturated rings. The van der Waals surface area contributed by atoms with E-state index in [9.17, 15) is 18.0 Å².